The van der Waals surface area contributed by atoms with Crippen LogP contribution in [0.25, 0.3) is 10.8 Å². The van der Waals surface area contributed by atoms with Crippen LogP contribution in [0.4, 0.5) is 0 Å². The molecule has 0 radical (unpaired) electrons. The third kappa shape index (κ3) is 2.28. The predicted molar refractivity (Wildman–Crippen MR) is 87.0 cm³/mol. The summed E-state index contributed by atoms with van der Waals surface area (Å²) in [6, 6.07) is 13.1. The molecule has 1 fully saturated rings. The van der Waals surface area contributed by atoms with Gasteiger partial charge in [0, 0.05) is 11.1 Å². The van der Waals surface area contributed by atoms with Crippen molar-refractivity contribution in [3.05, 3.63) is 46.4 Å². The Balaban J connectivity index is 2.15. The molecular formula is C17H20BrNO. The van der Waals surface area contributed by atoms with Gasteiger partial charge >= 0.3 is 0 Å². The Labute approximate surface area is 128 Å². The summed E-state index contributed by atoms with van der Waals surface area (Å²) in [5, 5.41) is 6.02. The van der Waals surface area contributed by atoms with Crippen LogP contribution in [0.1, 0.15) is 31.4 Å². The summed E-state index contributed by atoms with van der Waals surface area (Å²) in [5.41, 5.74) is 1.20. The molecule has 1 heterocycles. The molecule has 2 atom stereocenters. The van der Waals surface area contributed by atoms with Crippen molar-refractivity contribution in [3.8, 4) is 0 Å². The van der Waals surface area contributed by atoms with Crippen molar-refractivity contribution in [2.75, 3.05) is 13.7 Å². The van der Waals surface area contributed by atoms with Gasteiger partial charge in [0.1, 0.15) is 0 Å². The second-order valence-electron chi connectivity index (χ2n) is 5.67. The van der Waals surface area contributed by atoms with Crippen LogP contribution in [-0.4, -0.2) is 19.3 Å². The van der Waals surface area contributed by atoms with E-state index in [2.05, 4.69) is 64.6 Å². The van der Waals surface area contributed by atoms with Gasteiger partial charge in [-0.25, -0.2) is 0 Å². The molecule has 20 heavy (non-hydrogen) atoms. The highest BCUT2D eigenvalue weighted by Gasteiger charge is 2.39. The topological polar surface area (TPSA) is 21.3 Å². The highest BCUT2D eigenvalue weighted by atomic mass is 79.9. The Morgan fingerprint density at radius 2 is 1.95 bits per heavy atom. The third-order valence-corrected chi connectivity index (χ3v) is 5.06. The first-order chi connectivity index (χ1) is 9.65. The van der Waals surface area contributed by atoms with Gasteiger partial charge in [-0.15, -0.1) is 0 Å². The van der Waals surface area contributed by atoms with Gasteiger partial charge in [-0.2, -0.15) is 0 Å². The monoisotopic (exact) mass is 333 g/mol. The molecule has 0 aromatic heterocycles. The number of hydrogen-bond acceptors (Lipinski definition) is 2. The Hall–Kier alpha value is -0.900. The summed E-state index contributed by atoms with van der Waals surface area (Å²) in [6.07, 6.45) is 2.24. The first kappa shape index (κ1) is 14.1. The number of fused-ring (bicyclic) bond motifs is 1. The van der Waals surface area contributed by atoms with Crippen LogP contribution >= 0.6 is 15.9 Å². The van der Waals surface area contributed by atoms with Crippen LogP contribution in [0.2, 0.25) is 0 Å². The number of nitrogens with one attached hydrogen (secondary N) is 1. The maximum Gasteiger partial charge on any atom is 0.0849 e. The molecule has 0 saturated carbocycles. The summed E-state index contributed by atoms with van der Waals surface area (Å²) >= 11 is 3.65. The summed E-state index contributed by atoms with van der Waals surface area (Å²) < 4.78 is 7.20. The molecule has 106 valence electrons. The smallest absolute Gasteiger partial charge is 0.0849 e. The molecule has 2 nitrogen and oxygen atoms in total. The number of benzene rings is 2. The molecule has 0 bridgehead atoms. The van der Waals surface area contributed by atoms with E-state index in [-0.39, 0.29) is 11.6 Å². The first-order valence-electron chi connectivity index (χ1n) is 7.14. The molecule has 1 aliphatic rings. The molecule has 2 unspecified atom stereocenters. The van der Waals surface area contributed by atoms with E-state index in [1.54, 1.807) is 0 Å². The summed E-state index contributed by atoms with van der Waals surface area (Å²) in [6.45, 7) is 3.08. The van der Waals surface area contributed by atoms with Gasteiger partial charge in [0.25, 0.3) is 0 Å². The van der Waals surface area contributed by atoms with Gasteiger partial charge in [-0.1, -0.05) is 46.3 Å². The number of ether oxygens (including phenoxy) is 1. The minimum Gasteiger partial charge on any atom is -0.373 e. The Morgan fingerprint density at radius 1 is 1.20 bits per heavy atom. The van der Waals surface area contributed by atoms with Crippen LogP contribution in [0.3, 0.4) is 0 Å². The average molecular weight is 334 g/mol. The fourth-order valence-electron chi connectivity index (χ4n) is 3.36. The van der Waals surface area contributed by atoms with Crippen LogP contribution in [0.15, 0.2) is 40.9 Å². The second-order valence-corrected chi connectivity index (χ2v) is 6.52. The fraction of sp³-hybridized carbons (Fsp3) is 0.412. The minimum absolute atomic E-state index is 0.120. The maximum atomic E-state index is 6.05. The van der Waals surface area contributed by atoms with E-state index in [1.807, 2.05) is 7.05 Å². The van der Waals surface area contributed by atoms with Crippen molar-refractivity contribution in [1.29, 1.82) is 0 Å². The molecule has 1 saturated heterocycles. The highest BCUT2D eigenvalue weighted by molar-refractivity contribution is 9.10. The van der Waals surface area contributed by atoms with Crippen molar-refractivity contribution >= 4 is 26.7 Å². The minimum atomic E-state index is -0.120. The molecule has 0 aliphatic carbocycles. The normalized spacial score (nSPS) is 24.1. The SMILES string of the molecule is CNC(c1ccc(Br)c2ccccc12)C1(C)CCCO1. The number of hydrogen-bond donors (Lipinski definition) is 1. The molecule has 3 heteroatoms. The van der Waals surface area contributed by atoms with Crippen molar-refractivity contribution < 1.29 is 4.74 Å². The molecule has 3 rings (SSSR count). The van der Waals surface area contributed by atoms with Crippen LogP contribution < -0.4 is 5.32 Å². The van der Waals surface area contributed by atoms with Crippen molar-refractivity contribution in [3.63, 3.8) is 0 Å². The van der Waals surface area contributed by atoms with Gasteiger partial charge in [0.2, 0.25) is 0 Å². The van der Waals surface area contributed by atoms with E-state index < -0.39 is 0 Å². The van der Waals surface area contributed by atoms with E-state index >= 15 is 0 Å². The molecule has 2 aromatic carbocycles. The largest absolute Gasteiger partial charge is 0.373 e. The van der Waals surface area contributed by atoms with Crippen molar-refractivity contribution in [1.82, 2.24) is 5.32 Å². The lowest BCUT2D eigenvalue weighted by atomic mass is 9.85. The van der Waals surface area contributed by atoms with E-state index in [4.69, 9.17) is 4.74 Å². The molecule has 1 aliphatic heterocycles. The lowest BCUT2D eigenvalue weighted by molar-refractivity contribution is -0.0101. The molecule has 1 N–H and O–H groups in total. The number of rotatable bonds is 3. The second kappa shape index (κ2) is 5.47. The van der Waals surface area contributed by atoms with Gasteiger partial charge in [-0.05, 0) is 49.2 Å². The summed E-state index contributed by atoms with van der Waals surface area (Å²) in [5.74, 6) is 0. The average Bonchev–Trinajstić information content (AvgIpc) is 2.90. The van der Waals surface area contributed by atoms with Crippen LogP contribution in [0.5, 0.6) is 0 Å². The van der Waals surface area contributed by atoms with Crippen molar-refractivity contribution in [2.24, 2.45) is 0 Å². The third-order valence-electron chi connectivity index (χ3n) is 4.36. The van der Waals surface area contributed by atoms with E-state index in [1.165, 1.54) is 16.3 Å². The molecular weight excluding hydrogens is 314 g/mol. The fourth-order valence-corrected chi connectivity index (χ4v) is 3.83. The highest BCUT2D eigenvalue weighted by Crippen LogP contribution is 2.40. The quantitative estimate of drug-likeness (QED) is 0.896. The Bertz CT molecular complexity index is 619. The van der Waals surface area contributed by atoms with Crippen molar-refractivity contribution in [2.45, 2.75) is 31.4 Å². The van der Waals surface area contributed by atoms with E-state index in [0.29, 0.717) is 0 Å². The predicted octanol–water partition coefficient (Wildman–Crippen LogP) is 4.43. The summed E-state index contributed by atoms with van der Waals surface area (Å²) in [7, 11) is 2.02. The Kier molecular flexibility index (Phi) is 3.85. The first-order valence-corrected chi connectivity index (χ1v) is 7.93. The van der Waals surface area contributed by atoms with Gasteiger partial charge in [0.05, 0.1) is 11.6 Å². The standard InChI is InChI=1S/C17H20BrNO/c1-17(10-5-11-20-17)16(19-2)14-8-9-15(18)13-7-4-3-6-12(13)14/h3-4,6-9,16,19H,5,10-11H2,1-2H3. The van der Waals surface area contributed by atoms with Crippen LogP contribution in [0, 0.1) is 0 Å². The van der Waals surface area contributed by atoms with E-state index in [9.17, 15) is 0 Å². The molecule has 0 spiro atoms. The zero-order valence-electron chi connectivity index (χ0n) is 11.9. The Morgan fingerprint density at radius 3 is 2.60 bits per heavy atom. The lowest BCUT2D eigenvalue weighted by Crippen LogP contribution is -2.39. The van der Waals surface area contributed by atoms with Gasteiger partial charge < -0.3 is 10.1 Å². The van der Waals surface area contributed by atoms with Crippen LogP contribution in [-0.2, 0) is 4.74 Å². The zero-order chi connectivity index (χ0) is 14.2. The number of halogens is 1. The van der Waals surface area contributed by atoms with Gasteiger partial charge in [-0.3, -0.25) is 0 Å². The molecule has 2 aromatic rings. The van der Waals surface area contributed by atoms with E-state index in [0.717, 1.165) is 23.9 Å². The maximum absolute atomic E-state index is 6.05. The zero-order valence-corrected chi connectivity index (χ0v) is 13.5. The summed E-state index contributed by atoms with van der Waals surface area (Å²) in [4.78, 5) is 0. The molecule has 0 amide bonds. The number of likely N-dealkylation sites (N-methyl/N-ethyl adjacent to an activating group) is 1. The lowest BCUT2D eigenvalue weighted by Gasteiger charge is -2.34. The van der Waals surface area contributed by atoms with Gasteiger partial charge in [0.15, 0.2) is 0 Å².